The van der Waals surface area contributed by atoms with Gasteiger partial charge in [-0.15, -0.1) is 0 Å². The fraction of sp³-hybridized carbons (Fsp3) is 0.929. The van der Waals surface area contributed by atoms with Crippen molar-refractivity contribution < 1.29 is 4.79 Å². The average molecular weight is 240 g/mol. The van der Waals surface area contributed by atoms with Crippen molar-refractivity contribution in [1.82, 2.24) is 4.90 Å². The summed E-state index contributed by atoms with van der Waals surface area (Å²) >= 11 is 0. The second-order valence-electron chi connectivity index (χ2n) is 6.29. The minimum absolute atomic E-state index is 0.145. The van der Waals surface area contributed by atoms with Gasteiger partial charge in [-0.3, -0.25) is 4.79 Å². The second kappa shape index (κ2) is 5.85. The van der Waals surface area contributed by atoms with Gasteiger partial charge >= 0.3 is 0 Å². The van der Waals surface area contributed by atoms with Gasteiger partial charge in [0, 0.05) is 12.6 Å². The van der Waals surface area contributed by atoms with Crippen LogP contribution in [0.4, 0.5) is 0 Å². The van der Waals surface area contributed by atoms with Crippen LogP contribution < -0.4 is 5.73 Å². The van der Waals surface area contributed by atoms with Gasteiger partial charge in [0.25, 0.3) is 0 Å². The monoisotopic (exact) mass is 240 g/mol. The van der Waals surface area contributed by atoms with Crippen LogP contribution in [0.15, 0.2) is 0 Å². The molecule has 3 nitrogen and oxygen atoms in total. The van der Waals surface area contributed by atoms with Gasteiger partial charge < -0.3 is 10.6 Å². The van der Waals surface area contributed by atoms with E-state index in [1.165, 1.54) is 12.8 Å². The number of likely N-dealkylation sites (tertiary alicyclic amines) is 1. The van der Waals surface area contributed by atoms with Gasteiger partial charge in [-0.05, 0) is 24.7 Å². The first-order valence-electron chi connectivity index (χ1n) is 6.94. The summed E-state index contributed by atoms with van der Waals surface area (Å²) in [6.07, 6.45) is 5.79. The highest BCUT2D eigenvalue weighted by Gasteiger charge is 2.33. The van der Waals surface area contributed by atoms with Gasteiger partial charge in [0.15, 0.2) is 0 Å². The van der Waals surface area contributed by atoms with Gasteiger partial charge in [0.1, 0.15) is 0 Å². The topological polar surface area (TPSA) is 46.3 Å². The summed E-state index contributed by atoms with van der Waals surface area (Å²) in [5, 5.41) is 0. The molecule has 0 saturated carbocycles. The zero-order valence-corrected chi connectivity index (χ0v) is 11.8. The van der Waals surface area contributed by atoms with E-state index < -0.39 is 0 Å². The van der Waals surface area contributed by atoms with Crippen molar-refractivity contribution in [3.8, 4) is 0 Å². The molecule has 3 heteroatoms. The van der Waals surface area contributed by atoms with Crippen LogP contribution in [0.5, 0.6) is 0 Å². The predicted octanol–water partition coefficient (Wildman–Crippen LogP) is 2.54. The number of carbonyl (C=O) groups excluding carboxylic acids is 1. The molecule has 100 valence electrons. The molecule has 1 aliphatic rings. The first-order chi connectivity index (χ1) is 7.88. The largest absolute Gasteiger partial charge is 0.338 e. The van der Waals surface area contributed by atoms with Crippen LogP contribution in [-0.2, 0) is 4.79 Å². The Bertz CT molecular complexity index is 257. The Balaban J connectivity index is 2.77. The lowest BCUT2D eigenvalue weighted by Gasteiger charge is -2.35. The number of nitrogens with zero attached hydrogens (tertiary/aromatic N) is 1. The van der Waals surface area contributed by atoms with Crippen molar-refractivity contribution in [2.75, 3.05) is 6.54 Å². The second-order valence-corrected chi connectivity index (χ2v) is 6.29. The Labute approximate surface area is 106 Å². The minimum atomic E-state index is -0.380. The van der Waals surface area contributed by atoms with Gasteiger partial charge in [0.05, 0.1) is 6.04 Å². The lowest BCUT2D eigenvalue weighted by Crippen LogP contribution is -2.53. The Morgan fingerprint density at radius 1 is 1.35 bits per heavy atom. The third-order valence-corrected chi connectivity index (χ3v) is 3.83. The van der Waals surface area contributed by atoms with E-state index in [-0.39, 0.29) is 17.4 Å². The number of hydrogen-bond acceptors (Lipinski definition) is 2. The zero-order chi connectivity index (χ0) is 13.1. The summed E-state index contributed by atoms with van der Waals surface area (Å²) in [7, 11) is 0. The molecule has 1 aliphatic heterocycles. The maximum absolute atomic E-state index is 12.5. The molecular formula is C14H28N2O. The molecule has 1 saturated heterocycles. The molecular weight excluding hydrogens is 212 g/mol. The molecule has 1 unspecified atom stereocenters. The van der Waals surface area contributed by atoms with E-state index in [1.54, 1.807) is 0 Å². The van der Waals surface area contributed by atoms with E-state index in [9.17, 15) is 4.79 Å². The van der Waals surface area contributed by atoms with Gasteiger partial charge in [-0.25, -0.2) is 0 Å². The minimum Gasteiger partial charge on any atom is -0.338 e. The number of carbonyl (C=O) groups is 1. The molecule has 0 aromatic carbocycles. The molecule has 2 atom stereocenters. The first kappa shape index (κ1) is 14.5. The smallest absolute Gasteiger partial charge is 0.240 e. The molecule has 1 heterocycles. The Morgan fingerprint density at radius 2 is 2.00 bits per heavy atom. The molecule has 1 amide bonds. The Kier molecular flexibility index (Phi) is 4.99. The quantitative estimate of drug-likeness (QED) is 0.806. The fourth-order valence-corrected chi connectivity index (χ4v) is 2.44. The molecule has 2 N–H and O–H groups in total. The van der Waals surface area contributed by atoms with Crippen molar-refractivity contribution in [1.29, 1.82) is 0 Å². The molecule has 0 aromatic rings. The van der Waals surface area contributed by atoms with Crippen LogP contribution in [-0.4, -0.2) is 29.4 Å². The van der Waals surface area contributed by atoms with Crippen LogP contribution in [0.3, 0.4) is 0 Å². The van der Waals surface area contributed by atoms with E-state index in [0.29, 0.717) is 6.04 Å². The standard InChI is InChI=1S/C14H28N2O/c1-5-11-9-7-6-8-10-16(11)13(17)12(15)14(2,3)4/h11-12H,5-10,15H2,1-4H3/t11?,12-/m1/s1. The highest BCUT2D eigenvalue weighted by Crippen LogP contribution is 2.24. The zero-order valence-electron chi connectivity index (χ0n) is 11.8. The Hall–Kier alpha value is -0.570. The average Bonchev–Trinajstić information content (AvgIpc) is 2.50. The van der Waals surface area contributed by atoms with E-state index in [0.717, 1.165) is 25.8 Å². The SMILES string of the molecule is CCC1CCCCCN1C(=O)[C@@H](N)C(C)(C)C. The maximum Gasteiger partial charge on any atom is 0.240 e. The normalized spacial score (nSPS) is 24.3. The summed E-state index contributed by atoms with van der Waals surface area (Å²) in [4.78, 5) is 14.5. The molecule has 17 heavy (non-hydrogen) atoms. The number of hydrogen-bond donors (Lipinski definition) is 1. The molecule has 1 fully saturated rings. The number of rotatable bonds is 2. The van der Waals surface area contributed by atoms with Crippen LogP contribution >= 0.6 is 0 Å². The summed E-state index contributed by atoms with van der Waals surface area (Å²) in [5.41, 5.74) is 5.95. The predicted molar refractivity (Wildman–Crippen MR) is 71.7 cm³/mol. The van der Waals surface area contributed by atoms with Crippen LogP contribution in [0.2, 0.25) is 0 Å². The van der Waals surface area contributed by atoms with Gasteiger partial charge in [-0.2, -0.15) is 0 Å². The molecule has 0 spiro atoms. The highest BCUT2D eigenvalue weighted by atomic mass is 16.2. The van der Waals surface area contributed by atoms with E-state index in [2.05, 4.69) is 6.92 Å². The lowest BCUT2D eigenvalue weighted by atomic mass is 9.86. The van der Waals surface area contributed by atoms with Crippen LogP contribution in [0.1, 0.15) is 59.8 Å². The van der Waals surface area contributed by atoms with E-state index in [1.807, 2.05) is 25.7 Å². The molecule has 0 bridgehead atoms. The van der Waals surface area contributed by atoms with Crippen molar-refractivity contribution in [3.63, 3.8) is 0 Å². The first-order valence-corrected chi connectivity index (χ1v) is 6.94. The van der Waals surface area contributed by atoms with E-state index in [4.69, 9.17) is 5.73 Å². The third kappa shape index (κ3) is 3.70. The fourth-order valence-electron chi connectivity index (χ4n) is 2.44. The summed E-state index contributed by atoms with van der Waals surface area (Å²) in [6, 6.07) is 0.0213. The number of amides is 1. The third-order valence-electron chi connectivity index (χ3n) is 3.83. The van der Waals surface area contributed by atoms with Gasteiger partial charge in [-0.1, -0.05) is 40.5 Å². The van der Waals surface area contributed by atoms with Gasteiger partial charge in [0.2, 0.25) is 5.91 Å². The number of nitrogens with two attached hydrogens (primary N) is 1. The van der Waals surface area contributed by atoms with Crippen molar-refractivity contribution in [2.45, 2.75) is 71.9 Å². The lowest BCUT2D eigenvalue weighted by molar-refractivity contribution is -0.137. The van der Waals surface area contributed by atoms with Crippen LogP contribution in [0, 0.1) is 5.41 Å². The van der Waals surface area contributed by atoms with Crippen molar-refractivity contribution >= 4 is 5.91 Å². The van der Waals surface area contributed by atoms with E-state index >= 15 is 0 Å². The van der Waals surface area contributed by atoms with Crippen molar-refractivity contribution in [2.24, 2.45) is 11.1 Å². The maximum atomic E-state index is 12.5. The summed E-state index contributed by atoms with van der Waals surface area (Å²) < 4.78 is 0. The highest BCUT2D eigenvalue weighted by molar-refractivity contribution is 5.82. The summed E-state index contributed by atoms with van der Waals surface area (Å²) in [6.45, 7) is 9.16. The van der Waals surface area contributed by atoms with Crippen molar-refractivity contribution in [3.05, 3.63) is 0 Å². The Morgan fingerprint density at radius 3 is 2.53 bits per heavy atom. The summed E-state index contributed by atoms with van der Waals surface area (Å²) in [5.74, 6) is 0.145. The molecule has 0 aliphatic carbocycles. The molecule has 0 radical (unpaired) electrons. The van der Waals surface area contributed by atoms with Crippen LogP contribution in [0.25, 0.3) is 0 Å². The molecule has 0 aromatic heterocycles. The molecule has 1 rings (SSSR count).